The van der Waals surface area contributed by atoms with E-state index in [1.165, 1.54) is 4.31 Å². The zero-order valence-electron chi connectivity index (χ0n) is 21.3. The van der Waals surface area contributed by atoms with E-state index in [0.717, 1.165) is 17.4 Å². The Morgan fingerprint density at radius 1 is 1.08 bits per heavy atom. The van der Waals surface area contributed by atoms with Crippen LogP contribution in [0.1, 0.15) is 37.3 Å². The van der Waals surface area contributed by atoms with Crippen LogP contribution in [0.3, 0.4) is 0 Å². The molecule has 9 nitrogen and oxygen atoms in total. The van der Waals surface area contributed by atoms with Crippen LogP contribution in [0.2, 0.25) is 0 Å². The molecule has 2 amide bonds. The Morgan fingerprint density at radius 3 is 2.42 bits per heavy atom. The Labute approximate surface area is 213 Å². The van der Waals surface area contributed by atoms with Crippen LogP contribution in [0, 0.1) is 6.92 Å². The van der Waals surface area contributed by atoms with Crippen LogP contribution < -0.4 is 19.1 Å². The average molecular weight is 518 g/mol. The second-order valence-electron chi connectivity index (χ2n) is 8.75. The van der Waals surface area contributed by atoms with E-state index in [4.69, 9.17) is 9.47 Å². The van der Waals surface area contributed by atoms with Crippen molar-refractivity contribution in [2.24, 2.45) is 0 Å². The molecule has 0 aromatic heterocycles. The Bertz CT molecular complexity index is 1180. The number of aryl methyl sites for hydroxylation is 1. The van der Waals surface area contributed by atoms with E-state index >= 15 is 0 Å². The summed E-state index contributed by atoms with van der Waals surface area (Å²) in [6, 6.07) is 12.1. The molecule has 1 unspecified atom stereocenters. The van der Waals surface area contributed by atoms with Crippen LogP contribution in [0.15, 0.2) is 42.5 Å². The Kier molecular flexibility index (Phi) is 9.19. The highest BCUT2D eigenvalue weighted by molar-refractivity contribution is 7.92. The number of amides is 2. The fourth-order valence-electron chi connectivity index (χ4n) is 4.25. The predicted molar refractivity (Wildman–Crippen MR) is 139 cm³/mol. The van der Waals surface area contributed by atoms with Gasteiger partial charge in [-0.2, -0.15) is 0 Å². The minimum Gasteiger partial charge on any atom is -0.486 e. The van der Waals surface area contributed by atoms with Crippen molar-refractivity contribution < 1.29 is 27.5 Å². The van der Waals surface area contributed by atoms with Gasteiger partial charge in [0.15, 0.2) is 11.5 Å². The van der Waals surface area contributed by atoms with Gasteiger partial charge in [-0.3, -0.25) is 13.9 Å². The van der Waals surface area contributed by atoms with E-state index < -0.39 is 16.1 Å². The van der Waals surface area contributed by atoms with Gasteiger partial charge in [0.25, 0.3) is 0 Å². The van der Waals surface area contributed by atoms with Crippen LogP contribution in [0.5, 0.6) is 11.5 Å². The number of nitrogens with one attached hydrogen (secondary N) is 1. The highest BCUT2D eigenvalue weighted by atomic mass is 32.2. The molecule has 1 aliphatic rings. The summed E-state index contributed by atoms with van der Waals surface area (Å²) in [5.41, 5.74) is 2.44. The van der Waals surface area contributed by atoms with Crippen LogP contribution >= 0.6 is 0 Å². The molecule has 0 aliphatic carbocycles. The highest BCUT2D eigenvalue weighted by Gasteiger charge is 2.28. The number of sulfonamides is 1. The monoisotopic (exact) mass is 517 g/mol. The topological polar surface area (TPSA) is 105 Å². The van der Waals surface area contributed by atoms with E-state index in [1.807, 2.05) is 38.1 Å². The van der Waals surface area contributed by atoms with E-state index in [9.17, 15) is 18.0 Å². The average Bonchev–Trinajstić information content (AvgIpc) is 2.86. The number of nitrogens with zero attached hydrogens (tertiary/aromatic N) is 2. The van der Waals surface area contributed by atoms with Gasteiger partial charge in [0.1, 0.15) is 19.3 Å². The number of ether oxygens (including phenoxy) is 2. The number of hydrogen-bond donors (Lipinski definition) is 1. The third-order valence-electron chi connectivity index (χ3n) is 6.20. The maximum atomic E-state index is 13.4. The number of anilines is 1. The van der Waals surface area contributed by atoms with Crippen molar-refractivity contribution in [2.45, 2.75) is 45.7 Å². The summed E-state index contributed by atoms with van der Waals surface area (Å²) in [6.07, 6.45) is 1.98. The number of likely N-dealkylation sites (N-methyl/N-ethyl adjacent to an activating group) is 1. The van der Waals surface area contributed by atoms with Gasteiger partial charge in [0.2, 0.25) is 21.8 Å². The van der Waals surface area contributed by atoms with Crippen molar-refractivity contribution in [3.05, 3.63) is 53.6 Å². The molecule has 1 heterocycles. The molecule has 10 heteroatoms. The SMILES string of the molecule is CCC(C(=O)NC)N(Cc1ccccc1C)C(=O)CCCN(c1ccc2c(c1)OCCO2)S(C)(=O)=O. The molecule has 196 valence electrons. The van der Waals surface area contributed by atoms with Crippen molar-refractivity contribution in [3.63, 3.8) is 0 Å². The predicted octanol–water partition coefficient (Wildman–Crippen LogP) is 2.87. The van der Waals surface area contributed by atoms with Gasteiger partial charge in [-0.15, -0.1) is 0 Å². The number of fused-ring (bicyclic) bond motifs is 1. The van der Waals surface area contributed by atoms with Crippen LogP contribution in [0.25, 0.3) is 0 Å². The molecule has 2 aromatic rings. The van der Waals surface area contributed by atoms with Crippen molar-refractivity contribution in [2.75, 3.05) is 37.4 Å². The summed E-state index contributed by atoms with van der Waals surface area (Å²) in [5.74, 6) is 0.627. The molecule has 2 aromatic carbocycles. The molecule has 0 radical (unpaired) electrons. The van der Waals surface area contributed by atoms with Crippen molar-refractivity contribution in [1.82, 2.24) is 10.2 Å². The van der Waals surface area contributed by atoms with Gasteiger partial charge in [-0.05, 0) is 43.0 Å². The molecule has 0 fully saturated rings. The van der Waals surface area contributed by atoms with E-state index in [-0.39, 0.29) is 31.2 Å². The maximum Gasteiger partial charge on any atom is 0.242 e. The van der Waals surface area contributed by atoms with Crippen LogP contribution in [-0.2, 0) is 26.2 Å². The highest BCUT2D eigenvalue weighted by Crippen LogP contribution is 2.34. The third-order valence-corrected chi connectivity index (χ3v) is 7.39. The standard InChI is InChI=1S/C26H35N3O6S/c1-5-22(26(31)27-3)28(18-20-10-7-6-9-19(20)2)25(30)11-8-14-29(36(4,32)33)21-12-13-23-24(17-21)35-16-15-34-23/h6-7,9-10,12-13,17,22H,5,8,11,14-16,18H2,1-4H3,(H,27,31). The minimum absolute atomic E-state index is 0.0932. The summed E-state index contributed by atoms with van der Waals surface area (Å²) in [4.78, 5) is 27.5. The summed E-state index contributed by atoms with van der Waals surface area (Å²) in [7, 11) is -2.05. The lowest BCUT2D eigenvalue weighted by Gasteiger charge is -2.31. The first-order valence-electron chi connectivity index (χ1n) is 12.1. The summed E-state index contributed by atoms with van der Waals surface area (Å²) < 4.78 is 37.5. The van der Waals surface area contributed by atoms with E-state index in [1.54, 1.807) is 30.1 Å². The van der Waals surface area contributed by atoms with Gasteiger partial charge in [0.05, 0.1) is 11.9 Å². The number of carbonyl (C=O) groups is 2. The van der Waals surface area contributed by atoms with Crippen LogP contribution in [0.4, 0.5) is 5.69 Å². The first kappa shape index (κ1) is 27.3. The summed E-state index contributed by atoms with van der Waals surface area (Å²) in [5, 5.41) is 2.65. The molecule has 1 aliphatic heterocycles. The Balaban J connectivity index is 1.76. The van der Waals surface area contributed by atoms with Gasteiger partial charge < -0.3 is 19.7 Å². The third kappa shape index (κ3) is 6.69. The molecule has 1 atom stereocenters. The zero-order chi connectivity index (χ0) is 26.3. The molecular weight excluding hydrogens is 482 g/mol. The fraction of sp³-hybridized carbons (Fsp3) is 0.462. The van der Waals surface area contributed by atoms with Gasteiger partial charge in [-0.25, -0.2) is 8.42 Å². The normalized spacial score (nSPS) is 13.6. The lowest BCUT2D eigenvalue weighted by molar-refractivity contribution is -0.141. The number of carbonyl (C=O) groups excluding carboxylic acids is 2. The molecule has 0 bridgehead atoms. The maximum absolute atomic E-state index is 13.4. The first-order valence-corrected chi connectivity index (χ1v) is 13.9. The molecule has 3 rings (SSSR count). The molecule has 0 saturated carbocycles. The van der Waals surface area contributed by atoms with Gasteiger partial charge in [-0.1, -0.05) is 31.2 Å². The molecule has 0 spiro atoms. The molecular formula is C26H35N3O6S. The first-order chi connectivity index (χ1) is 17.2. The quantitative estimate of drug-likeness (QED) is 0.492. The van der Waals surface area contributed by atoms with Crippen molar-refractivity contribution >= 4 is 27.5 Å². The number of hydrogen-bond acceptors (Lipinski definition) is 6. The lowest BCUT2D eigenvalue weighted by atomic mass is 10.1. The fourth-order valence-corrected chi connectivity index (χ4v) is 5.21. The summed E-state index contributed by atoms with van der Waals surface area (Å²) >= 11 is 0. The molecule has 0 saturated heterocycles. The van der Waals surface area contributed by atoms with Crippen molar-refractivity contribution in [1.29, 1.82) is 0 Å². The zero-order valence-corrected chi connectivity index (χ0v) is 22.1. The largest absolute Gasteiger partial charge is 0.486 e. The molecule has 36 heavy (non-hydrogen) atoms. The van der Waals surface area contributed by atoms with E-state index in [2.05, 4.69) is 5.32 Å². The number of rotatable bonds is 11. The Hall–Kier alpha value is -3.27. The lowest BCUT2D eigenvalue weighted by Crippen LogP contribution is -2.48. The van der Waals surface area contributed by atoms with Gasteiger partial charge >= 0.3 is 0 Å². The summed E-state index contributed by atoms with van der Waals surface area (Å²) in [6.45, 7) is 5.08. The molecule has 1 N–H and O–H groups in total. The second kappa shape index (κ2) is 12.1. The van der Waals surface area contributed by atoms with Crippen molar-refractivity contribution in [3.8, 4) is 11.5 Å². The van der Waals surface area contributed by atoms with Crippen LogP contribution in [-0.4, -0.2) is 64.2 Å². The minimum atomic E-state index is -3.61. The Morgan fingerprint density at radius 2 is 1.78 bits per heavy atom. The smallest absolute Gasteiger partial charge is 0.242 e. The second-order valence-corrected chi connectivity index (χ2v) is 10.7. The van der Waals surface area contributed by atoms with Gasteiger partial charge in [0, 0.05) is 32.6 Å². The van der Waals surface area contributed by atoms with E-state index in [0.29, 0.717) is 43.4 Å². The number of benzene rings is 2.